The molecule has 1 aliphatic carbocycles. The lowest BCUT2D eigenvalue weighted by Crippen LogP contribution is -2.17. The van der Waals surface area contributed by atoms with Crippen molar-refractivity contribution in [3.05, 3.63) is 34.8 Å². The van der Waals surface area contributed by atoms with E-state index in [1.807, 2.05) is 23.9 Å². The first-order valence-corrected chi connectivity index (χ1v) is 8.09. The van der Waals surface area contributed by atoms with Gasteiger partial charge < -0.3 is 5.32 Å². The molecule has 94 valence electrons. The molecule has 0 unspecified atom stereocenters. The smallest absolute Gasteiger partial charge is 0.126 e. The molecule has 18 heavy (non-hydrogen) atoms. The SMILES string of the molecule is CSC1(CNc2ccc3cccc(Br)c3n2)CC1. The van der Waals surface area contributed by atoms with E-state index in [4.69, 9.17) is 0 Å². The molecule has 3 rings (SSSR count). The van der Waals surface area contributed by atoms with E-state index in [1.54, 1.807) is 0 Å². The topological polar surface area (TPSA) is 24.9 Å². The number of fused-ring (bicyclic) bond motifs is 1. The first-order valence-electron chi connectivity index (χ1n) is 6.07. The van der Waals surface area contributed by atoms with Crippen LogP contribution in [0, 0.1) is 0 Å². The third kappa shape index (κ3) is 2.36. The van der Waals surface area contributed by atoms with Crippen LogP contribution in [0.15, 0.2) is 34.8 Å². The Hall–Kier alpha value is -0.740. The summed E-state index contributed by atoms with van der Waals surface area (Å²) in [6, 6.07) is 10.3. The van der Waals surface area contributed by atoms with E-state index in [0.29, 0.717) is 4.75 Å². The van der Waals surface area contributed by atoms with Gasteiger partial charge in [-0.15, -0.1) is 0 Å². The van der Waals surface area contributed by atoms with Crippen LogP contribution in [0.3, 0.4) is 0 Å². The summed E-state index contributed by atoms with van der Waals surface area (Å²) in [6.07, 6.45) is 4.83. The van der Waals surface area contributed by atoms with Crippen molar-refractivity contribution in [2.24, 2.45) is 0 Å². The van der Waals surface area contributed by atoms with Crippen molar-refractivity contribution in [3.63, 3.8) is 0 Å². The number of nitrogens with zero attached hydrogens (tertiary/aromatic N) is 1. The Morgan fingerprint density at radius 1 is 1.33 bits per heavy atom. The van der Waals surface area contributed by atoms with Crippen LogP contribution in [0.1, 0.15) is 12.8 Å². The summed E-state index contributed by atoms with van der Waals surface area (Å²) in [4.78, 5) is 4.67. The number of anilines is 1. The standard InChI is InChI=1S/C14H15BrN2S/c1-18-14(7-8-14)9-16-12-6-5-10-3-2-4-11(15)13(10)17-12/h2-6H,7-9H2,1H3,(H,16,17). The fourth-order valence-electron chi connectivity index (χ4n) is 2.05. The van der Waals surface area contributed by atoms with Gasteiger partial charge in [0.2, 0.25) is 0 Å². The lowest BCUT2D eigenvalue weighted by molar-refractivity contribution is 0.942. The number of pyridine rings is 1. The minimum Gasteiger partial charge on any atom is -0.369 e. The average molecular weight is 323 g/mol. The van der Waals surface area contributed by atoms with Gasteiger partial charge in [-0.05, 0) is 53.2 Å². The number of nitrogens with one attached hydrogen (secondary N) is 1. The van der Waals surface area contributed by atoms with Crippen LogP contribution < -0.4 is 5.32 Å². The fourth-order valence-corrected chi connectivity index (χ4v) is 3.25. The van der Waals surface area contributed by atoms with Gasteiger partial charge in [-0.3, -0.25) is 0 Å². The number of rotatable bonds is 4. The molecule has 2 aromatic rings. The normalized spacial score (nSPS) is 16.8. The molecule has 1 saturated carbocycles. The molecule has 1 aliphatic rings. The highest BCUT2D eigenvalue weighted by Crippen LogP contribution is 2.47. The Kier molecular flexibility index (Phi) is 3.24. The van der Waals surface area contributed by atoms with E-state index < -0.39 is 0 Å². The molecule has 0 saturated heterocycles. The minimum absolute atomic E-state index is 0.463. The Morgan fingerprint density at radius 3 is 2.89 bits per heavy atom. The summed E-state index contributed by atoms with van der Waals surface area (Å²) in [6.45, 7) is 1.01. The molecule has 0 amide bonds. The molecule has 1 fully saturated rings. The summed E-state index contributed by atoms with van der Waals surface area (Å²) < 4.78 is 1.51. The molecule has 2 nitrogen and oxygen atoms in total. The predicted octanol–water partition coefficient (Wildman–Crippen LogP) is 4.30. The van der Waals surface area contributed by atoms with Crippen LogP contribution in [-0.4, -0.2) is 22.5 Å². The molecule has 0 radical (unpaired) electrons. The second-order valence-electron chi connectivity index (χ2n) is 4.75. The zero-order valence-corrected chi connectivity index (χ0v) is 12.6. The van der Waals surface area contributed by atoms with Crippen molar-refractivity contribution >= 4 is 44.4 Å². The number of aromatic nitrogens is 1. The maximum absolute atomic E-state index is 4.67. The van der Waals surface area contributed by atoms with Crippen LogP contribution >= 0.6 is 27.7 Å². The maximum atomic E-state index is 4.67. The lowest BCUT2D eigenvalue weighted by atomic mass is 10.2. The van der Waals surface area contributed by atoms with Crippen molar-refractivity contribution in [2.45, 2.75) is 17.6 Å². The van der Waals surface area contributed by atoms with Gasteiger partial charge in [-0.25, -0.2) is 4.98 Å². The molecule has 0 bridgehead atoms. The summed E-state index contributed by atoms with van der Waals surface area (Å²) in [5, 5.41) is 4.63. The van der Waals surface area contributed by atoms with E-state index in [-0.39, 0.29) is 0 Å². The van der Waals surface area contributed by atoms with Crippen LogP contribution in [0.25, 0.3) is 10.9 Å². The minimum atomic E-state index is 0.463. The number of hydrogen-bond donors (Lipinski definition) is 1. The van der Waals surface area contributed by atoms with Gasteiger partial charge in [0, 0.05) is 21.2 Å². The fraction of sp³-hybridized carbons (Fsp3) is 0.357. The second kappa shape index (κ2) is 4.74. The van der Waals surface area contributed by atoms with Gasteiger partial charge in [0.25, 0.3) is 0 Å². The summed E-state index contributed by atoms with van der Waals surface area (Å²) in [5.41, 5.74) is 1.02. The van der Waals surface area contributed by atoms with E-state index in [1.165, 1.54) is 18.2 Å². The molecule has 0 aliphatic heterocycles. The average Bonchev–Trinajstić information content (AvgIpc) is 3.18. The number of benzene rings is 1. The summed E-state index contributed by atoms with van der Waals surface area (Å²) >= 11 is 5.52. The van der Waals surface area contributed by atoms with Gasteiger partial charge >= 0.3 is 0 Å². The monoisotopic (exact) mass is 322 g/mol. The van der Waals surface area contributed by atoms with E-state index in [0.717, 1.165) is 22.4 Å². The van der Waals surface area contributed by atoms with Crippen LogP contribution in [0.2, 0.25) is 0 Å². The third-order valence-corrected chi connectivity index (χ3v) is 5.56. The second-order valence-corrected chi connectivity index (χ2v) is 6.88. The zero-order chi connectivity index (χ0) is 12.6. The lowest BCUT2D eigenvalue weighted by Gasteiger charge is -2.14. The van der Waals surface area contributed by atoms with Crippen molar-refractivity contribution in [3.8, 4) is 0 Å². The number of halogens is 1. The quantitative estimate of drug-likeness (QED) is 0.908. The van der Waals surface area contributed by atoms with Crippen molar-refractivity contribution in [1.82, 2.24) is 4.98 Å². The highest BCUT2D eigenvalue weighted by molar-refractivity contribution is 9.10. The first-order chi connectivity index (χ1) is 8.72. The van der Waals surface area contributed by atoms with Gasteiger partial charge in [0.1, 0.15) is 5.82 Å². The molecule has 0 spiro atoms. The first kappa shape index (κ1) is 12.3. The molecule has 0 atom stereocenters. The third-order valence-electron chi connectivity index (χ3n) is 3.50. The van der Waals surface area contributed by atoms with E-state index in [2.05, 4.69) is 50.7 Å². The molecule has 1 heterocycles. The van der Waals surface area contributed by atoms with Gasteiger partial charge in [0.15, 0.2) is 0 Å². The molecule has 4 heteroatoms. The maximum Gasteiger partial charge on any atom is 0.126 e. The molecule has 1 aromatic heterocycles. The van der Waals surface area contributed by atoms with Crippen molar-refractivity contribution in [1.29, 1.82) is 0 Å². The molecule has 1 N–H and O–H groups in total. The van der Waals surface area contributed by atoms with Gasteiger partial charge in [-0.2, -0.15) is 11.8 Å². The largest absolute Gasteiger partial charge is 0.369 e. The van der Waals surface area contributed by atoms with Crippen molar-refractivity contribution in [2.75, 3.05) is 18.1 Å². The Bertz CT molecular complexity index is 581. The van der Waals surface area contributed by atoms with E-state index in [9.17, 15) is 0 Å². The van der Waals surface area contributed by atoms with Crippen LogP contribution in [0.4, 0.5) is 5.82 Å². The van der Waals surface area contributed by atoms with Crippen molar-refractivity contribution < 1.29 is 0 Å². The highest BCUT2D eigenvalue weighted by Gasteiger charge is 2.41. The molecule has 1 aromatic carbocycles. The Morgan fingerprint density at radius 2 is 2.17 bits per heavy atom. The number of para-hydroxylation sites is 1. The number of thioether (sulfide) groups is 1. The van der Waals surface area contributed by atoms with E-state index >= 15 is 0 Å². The van der Waals surface area contributed by atoms with Crippen LogP contribution in [0.5, 0.6) is 0 Å². The highest BCUT2D eigenvalue weighted by atomic mass is 79.9. The van der Waals surface area contributed by atoms with Crippen LogP contribution in [-0.2, 0) is 0 Å². The predicted molar refractivity (Wildman–Crippen MR) is 83.4 cm³/mol. The zero-order valence-electron chi connectivity index (χ0n) is 10.2. The Balaban J connectivity index is 1.82. The Labute approximate surface area is 120 Å². The molecular formula is C14H15BrN2S. The molecular weight excluding hydrogens is 308 g/mol. The summed E-state index contributed by atoms with van der Waals surface area (Å²) in [7, 11) is 0. The number of hydrogen-bond acceptors (Lipinski definition) is 3. The summed E-state index contributed by atoms with van der Waals surface area (Å²) in [5.74, 6) is 0.967. The van der Waals surface area contributed by atoms with Gasteiger partial charge in [-0.1, -0.05) is 12.1 Å². The van der Waals surface area contributed by atoms with Gasteiger partial charge in [0.05, 0.1) is 5.52 Å².